The second kappa shape index (κ2) is 8.55. The van der Waals surface area contributed by atoms with E-state index >= 15 is 0 Å². The van der Waals surface area contributed by atoms with Crippen LogP contribution in [0.3, 0.4) is 0 Å². The number of carbonyl (C=O) groups is 1. The first-order valence-corrected chi connectivity index (χ1v) is 10.3. The molecule has 1 atom stereocenters. The number of rotatable bonds is 6. The lowest BCUT2D eigenvalue weighted by Gasteiger charge is -2.18. The first-order valence-electron chi connectivity index (χ1n) is 10.3. The zero-order chi connectivity index (χ0) is 22.0. The summed E-state index contributed by atoms with van der Waals surface area (Å²) in [6.45, 7) is 6.39. The van der Waals surface area contributed by atoms with Gasteiger partial charge in [-0.25, -0.2) is 9.67 Å². The van der Waals surface area contributed by atoms with Crippen molar-refractivity contribution in [2.24, 2.45) is 0 Å². The minimum Gasteiger partial charge on any atom is -0.341 e. The number of fused-ring (bicyclic) bond motifs is 1. The molecule has 2 aromatic heterocycles. The Morgan fingerprint density at radius 2 is 1.68 bits per heavy atom. The van der Waals surface area contributed by atoms with Crippen LogP contribution in [0.25, 0.3) is 11.0 Å². The highest BCUT2D eigenvalue weighted by molar-refractivity contribution is 5.92. The van der Waals surface area contributed by atoms with Crippen molar-refractivity contribution in [3.63, 3.8) is 0 Å². The summed E-state index contributed by atoms with van der Waals surface area (Å²) in [5.41, 5.74) is 2.79. The molecule has 7 heteroatoms. The van der Waals surface area contributed by atoms with Crippen LogP contribution in [0.15, 0.2) is 71.5 Å². The van der Waals surface area contributed by atoms with Crippen LogP contribution in [0.4, 0.5) is 0 Å². The smallest absolute Gasteiger partial charge is 0.272 e. The molecule has 0 radical (unpaired) electrons. The van der Waals surface area contributed by atoms with Gasteiger partial charge in [0.15, 0.2) is 0 Å². The lowest BCUT2D eigenvalue weighted by Crippen LogP contribution is -2.32. The summed E-state index contributed by atoms with van der Waals surface area (Å²) in [5.74, 6) is 0.429. The molecule has 0 fully saturated rings. The van der Waals surface area contributed by atoms with E-state index < -0.39 is 0 Å². The van der Waals surface area contributed by atoms with Gasteiger partial charge >= 0.3 is 0 Å². The standard InChI is InChI=1S/C24H25N5O2/c1-16(2)29-21-12-8-7-11-19(21)26-23(29)17(3)25-24(31)20-13-14-22(30)28(27-20)15-18-9-5-4-6-10-18/h4-14,16-17H,15H2,1-3H3,(H,25,31). The Bertz CT molecular complexity index is 1270. The maximum absolute atomic E-state index is 12.9. The van der Waals surface area contributed by atoms with Gasteiger partial charge in [-0.1, -0.05) is 42.5 Å². The van der Waals surface area contributed by atoms with Crippen molar-refractivity contribution in [1.29, 1.82) is 0 Å². The quantitative estimate of drug-likeness (QED) is 0.520. The second-order valence-electron chi connectivity index (χ2n) is 7.82. The Labute approximate surface area is 180 Å². The molecule has 0 saturated heterocycles. The van der Waals surface area contributed by atoms with E-state index in [1.54, 1.807) is 0 Å². The number of carbonyl (C=O) groups excluding carboxylic acids is 1. The molecule has 0 spiro atoms. The molecule has 0 bridgehead atoms. The number of para-hydroxylation sites is 2. The van der Waals surface area contributed by atoms with E-state index in [1.165, 1.54) is 16.8 Å². The van der Waals surface area contributed by atoms with Gasteiger partial charge in [0.25, 0.3) is 11.5 Å². The highest BCUT2D eigenvalue weighted by Crippen LogP contribution is 2.25. The van der Waals surface area contributed by atoms with Gasteiger partial charge in [-0.2, -0.15) is 5.10 Å². The summed E-state index contributed by atoms with van der Waals surface area (Å²) in [6, 6.07) is 20.2. The number of hydrogen-bond acceptors (Lipinski definition) is 4. The van der Waals surface area contributed by atoms with Gasteiger partial charge in [-0.05, 0) is 44.5 Å². The molecule has 0 aliphatic heterocycles. The lowest BCUT2D eigenvalue weighted by molar-refractivity contribution is 0.0930. The molecule has 1 amide bonds. The lowest BCUT2D eigenvalue weighted by atomic mass is 10.2. The Kier molecular flexibility index (Phi) is 5.66. The van der Waals surface area contributed by atoms with Crippen molar-refractivity contribution in [2.45, 2.75) is 39.4 Å². The van der Waals surface area contributed by atoms with Gasteiger partial charge in [0.1, 0.15) is 11.5 Å². The maximum atomic E-state index is 12.9. The number of benzene rings is 2. The van der Waals surface area contributed by atoms with Crippen LogP contribution >= 0.6 is 0 Å². The third-order valence-electron chi connectivity index (χ3n) is 5.15. The Hall–Kier alpha value is -3.74. The molecule has 2 heterocycles. The first-order chi connectivity index (χ1) is 14.9. The normalized spacial score (nSPS) is 12.3. The van der Waals surface area contributed by atoms with E-state index in [-0.39, 0.29) is 29.2 Å². The van der Waals surface area contributed by atoms with Gasteiger partial charge in [0.05, 0.1) is 23.6 Å². The minimum atomic E-state index is -0.350. The van der Waals surface area contributed by atoms with E-state index in [9.17, 15) is 9.59 Å². The highest BCUT2D eigenvalue weighted by Gasteiger charge is 2.21. The average molecular weight is 415 g/mol. The van der Waals surface area contributed by atoms with Crippen LogP contribution in [-0.4, -0.2) is 25.2 Å². The molecule has 1 unspecified atom stereocenters. The molecule has 0 aliphatic rings. The van der Waals surface area contributed by atoms with Crippen LogP contribution in [0.1, 0.15) is 54.7 Å². The Morgan fingerprint density at radius 3 is 2.42 bits per heavy atom. The van der Waals surface area contributed by atoms with Crippen LogP contribution in [0.2, 0.25) is 0 Å². The van der Waals surface area contributed by atoms with Crippen molar-refractivity contribution in [3.05, 3.63) is 94.2 Å². The molecular weight excluding hydrogens is 390 g/mol. The highest BCUT2D eigenvalue weighted by atomic mass is 16.2. The molecule has 0 aliphatic carbocycles. The number of hydrogen-bond donors (Lipinski definition) is 1. The Balaban J connectivity index is 1.59. The SMILES string of the molecule is CC(NC(=O)c1ccc(=O)n(Cc2ccccc2)n1)c1nc2ccccc2n1C(C)C. The summed E-state index contributed by atoms with van der Waals surface area (Å²) in [6.07, 6.45) is 0. The monoisotopic (exact) mass is 415 g/mol. The summed E-state index contributed by atoms with van der Waals surface area (Å²) in [4.78, 5) is 29.9. The predicted molar refractivity (Wildman–Crippen MR) is 120 cm³/mol. The summed E-state index contributed by atoms with van der Waals surface area (Å²) >= 11 is 0. The third-order valence-corrected chi connectivity index (χ3v) is 5.15. The molecule has 158 valence electrons. The van der Waals surface area contributed by atoms with E-state index in [0.717, 1.165) is 22.4 Å². The van der Waals surface area contributed by atoms with E-state index in [4.69, 9.17) is 4.98 Å². The second-order valence-corrected chi connectivity index (χ2v) is 7.82. The van der Waals surface area contributed by atoms with Crippen molar-refractivity contribution >= 4 is 16.9 Å². The number of aromatic nitrogens is 4. The van der Waals surface area contributed by atoms with E-state index in [1.807, 2.05) is 61.5 Å². The van der Waals surface area contributed by atoms with E-state index in [2.05, 4.69) is 28.8 Å². The van der Waals surface area contributed by atoms with Crippen molar-refractivity contribution in [2.75, 3.05) is 0 Å². The van der Waals surface area contributed by atoms with Gasteiger partial charge in [0.2, 0.25) is 0 Å². The third kappa shape index (κ3) is 4.26. The fourth-order valence-electron chi connectivity index (χ4n) is 3.69. The number of nitrogens with zero attached hydrogens (tertiary/aromatic N) is 4. The summed E-state index contributed by atoms with van der Waals surface area (Å²) in [7, 11) is 0. The largest absolute Gasteiger partial charge is 0.341 e. The van der Waals surface area contributed by atoms with Crippen molar-refractivity contribution in [3.8, 4) is 0 Å². The topological polar surface area (TPSA) is 81.8 Å². The van der Waals surface area contributed by atoms with Crippen LogP contribution in [0, 0.1) is 0 Å². The van der Waals surface area contributed by atoms with Gasteiger partial charge in [0, 0.05) is 12.1 Å². The molecule has 4 aromatic rings. The zero-order valence-corrected chi connectivity index (χ0v) is 17.8. The molecule has 4 rings (SSSR count). The molecular formula is C24H25N5O2. The first kappa shape index (κ1) is 20.5. The number of imidazole rings is 1. The maximum Gasteiger partial charge on any atom is 0.272 e. The van der Waals surface area contributed by atoms with Crippen LogP contribution in [0.5, 0.6) is 0 Å². The van der Waals surface area contributed by atoms with Crippen LogP contribution in [-0.2, 0) is 6.54 Å². The zero-order valence-electron chi connectivity index (χ0n) is 17.8. The van der Waals surface area contributed by atoms with Gasteiger partial charge in [-0.3, -0.25) is 9.59 Å². The van der Waals surface area contributed by atoms with Gasteiger partial charge < -0.3 is 9.88 Å². The fraction of sp³-hybridized carbons (Fsp3) is 0.250. The van der Waals surface area contributed by atoms with Crippen molar-refractivity contribution < 1.29 is 4.79 Å². The summed E-state index contributed by atoms with van der Waals surface area (Å²) < 4.78 is 3.43. The molecule has 1 N–H and O–H groups in total. The van der Waals surface area contributed by atoms with Crippen LogP contribution < -0.4 is 10.9 Å². The predicted octanol–water partition coefficient (Wildman–Crippen LogP) is 3.71. The minimum absolute atomic E-state index is 0.188. The molecule has 31 heavy (non-hydrogen) atoms. The van der Waals surface area contributed by atoms with Crippen molar-refractivity contribution in [1.82, 2.24) is 24.6 Å². The van der Waals surface area contributed by atoms with Gasteiger partial charge in [-0.15, -0.1) is 0 Å². The molecule has 0 saturated carbocycles. The average Bonchev–Trinajstić information content (AvgIpc) is 3.16. The van der Waals surface area contributed by atoms with E-state index in [0.29, 0.717) is 6.54 Å². The number of nitrogens with one attached hydrogen (secondary N) is 1. The summed E-state index contributed by atoms with van der Waals surface area (Å²) in [5, 5.41) is 7.26. The number of amides is 1. The molecule has 2 aromatic carbocycles. The Morgan fingerprint density at radius 1 is 0.968 bits per heavy atom. The molecule has 7 nitrogen and oxygen atoms in total. The fourth-order valence-corrected chi connectivity index (χ4v) is 3.69.